The van der Waals surface area contributed by atoms with Crippen molar-refractivity contribution in [3.8, 4) is 16.5 Å². The van der Waals surface area contributed by atoms with Crippen LogP contribution in [0.25, 0.3) is 10.7 Å². The van der Waals surface area contributed by atoms with Crippen molar-refractivity contribution in [2.24, 2.45) is 17.8 Å². The summed E-state index contributed by atoms with van der Waals surface area (Å²) in [6, 6.07) is 7.15. The normalized spacial score (nSPS) is 28.4. The maximum Gasteiger partial charge on any atom is 0.250 e. The van der Waals surface area contributed by atoms with Gasteiger partial charge in [0, 0.05) is 5.54 Å². The van der Waals surface area contributed by atoms with Crippen LogP contribution in [0.5, 0.6) is 5.75 Å². The van der Waals surface area contributed by atoms with E-state index in [0.717, 1.165) is 29.8 Å². The molecule has 0 radical (unpaired) electrons. The van der Waals surface area contributed by atoms with E-state index < -0.39 is 9.84 Å². The maximum atomic E-state index is 13.8. The van der Waals surface area contributed by atoms with Crippen molar-refractivity contribution in [3.05, 3.63) is 35.5 Å². The van der Waals surface area contributed by atoms with E-state index in [0.29, 0.717) is 34.9 Å². The zero-order chi connectivity index (χ0) is 22.8. The smallest absolute Gasteiger partial charge is 0.250 e. The molecule has 0 aliphatic heterocycles. The van der Waals surface area contributed by atoms with E-state index in [9.17, 15) is 8.42 Å². The zero-order valence-electron chi connectivity index (χ0n) is 18.8. The summed E-state index contributed by atoms with van der Waals surface area (Å²) in [5, 5.41) is 13.0. The highest BCUT2D eigenvalue weighted by atomic mass is 32.2. The molecule has 3 aromatic rings. The zero-order valence-corrected chi connectivity index (χ0v) is 20.4. The second-order valence-corrected chi connectivity index (χ2v) is 12.7. The number of nitrogens with zero attached hydrogens (tertiary/aromatic N) is 5. The summed E-state index contributed by atoms with van der Waals surface area (Å²) in [6.07, 6.45) is 6.81. The number of benzene rings is 1. The molecule has 7 rings (SSSR count). The minimum atomic E-state index is -3.73. The molecule has 0 N–H and O–H groups in total. The van der Waals surface area contributed by atoms with Gasteiger partial charge in [0.05, 0.1) is 18.6 Å². The summed E-state index contributed by atoms with van der Waals surface area (Å²) in [6.45, 7) is 1.89. The number of aryl methyl sites for hydroxylation is 1. The van der Waals surface area contributed by atoms with Gasteiger partial charge in [-0.1, -0.05) is 16.6 Å². The molecule has 0 saturated heterocycles. The highest BCUT2D eigenvalue weighted by Gasteiger charge is 2.54. The third-order valence-corrected chi connectivity index (χ3v) is 10.1. The molecule has 4 aliphatic rings. The van der Waals surface area contributed by atoms with Gasteiger partial charge in [0.15, 0.2) is 5.82 Å². The van der Waals surface area contributed by atoms with Crippen LogP contribution in [0.2, 0.25) is 0 Å². The van der Waals surface area contributed by atoms with Gasteiger partial charge in [-0.25, -0.2) is 8.42 Å². The Morgan fingerprint density at radius 2 is 1.67 bits per heavy atom. The third kappa shape index (κ3) is 3.49. The fourth-order valence-electron chi connectivity index (χ4n) is 6.83. The van der Waals surface area contributed by atoms with E-state index >= 15 is 0 Å². The number of rotatable bonds is 6. The van der Waals surface area contributed by atoms with Gasteiger partial charge < -0.3 is 4.74 Å². The molecule has 4 aliphatic carbocycles. The standard InChI is InChI=1S/C23H27N5O3S2/c1-14-20(32-27-24-14)21-25-26-22(33(29,30)13-15-3-5-19(31-2)6-4-15)28(21)23-10-16-7-17(11-23)9-18(8-16)12-23/h3-6,16-18H,7-13H2,1-2H3. The van der Waals surface area contributed by atoms with Crippen LogP contribution in [-0.4, -0.2) is 39.9 Å². The summed E-state index contributed by atoms with van der Waals surface area (Å²) in [5.41, 5.74) is 1.22. The first kappa shape index (κ1) is 21.2. The van der Waals surface area contributed by atoms with Crippen LogP contribution in [0.4, 0.5) is 0 Å². The minimum Gasteiger partial charge on any atom is -0.497 e. The van der Waals surface area contributed by atoms with E-state index in [1.165, 1.54) is 30.8 Å². The number of hydrogen-bond acceptors (Lipinski definition) is 8. The number of aromatic nitrogens is 5. The molecule has 0 amide bonds. The molecule has 2 aromatic heterocycles. The fraction of sp³-hybridized carbons (Fsp3) is 0.565. The van der Waals surface area contributed by atoms with Crippen molar-refractivity contribution in [2.45, 2.75) is 61.9 Å². The number of sulfone groups is 1. The first-order chi connectivity index (χ1) is 15.9. The Hall–Kier alpha value is -2.33. The average molecular weight is 486 g/mol. The predicted molar refractivity (Wildman–Crippen MR) is 124 cm³/mol. The lowest BCUT2D eigenvalue weighted by atomic mass is 9.53. The molecular weight excluding hydrogens is 458 g/mol. The summed E-state index contributed by atoms with van der Waals surface area (Å²) < 4.78 is 38.8. The number of hydrogen-bond donors (Lipinski definition) is 0. The van der Waals surface area contributed by atoms with Gasteiger partial charge in [0.2, 0.25) is 9.84 Å². The molecule has 1 aromatic carbocycles. The Kier molecular flexibility index (Phi) is 4.88. The highest BCUT2D eigenvalue weighted by Crippen LogP contribution is 2.60. The van der Waals surface area contributed by atoms with Crippen molar-refractivity contribution < 1.29 is 13.2 Å². The van der Waals surface area contributed by atoms with Gasteiger partial charge in [-0.2, -0.15) is 0 Å². The second-order valence-electron chi connectivity index (χ2n) is 10.1. The average Bonchev–Trinajstić information content (AvgIpc) is 3.40. The van der Waals surface area contributed by atoms with Crippen LogP contribution in [0.1, 0.15) is 49.8 Å². The van der Waals surface area contributed by atoms with Crippen LogP contribution >= 0.6 is 11.5 Å². The lowest BCUT2D eigenvalue weighted by Crippen LogP contribution is -2.52. The van der Waals surface area contributed by atoms with E-state index in [1.54, 1.807) is 31.4 Å². The SMILES string of the molecule is COc1ccc(CS(=O)(=O)c2nnc(-c3snnc3C)n2C23CC4CC(CC(C4)C2)C3)cc1. The van der Waals surface area contributed by atoms with Gasteiger partial charge in [0.25, 0.3) is 5.16 Å². The molecule has 174 valence electrons. The monoisotopic (exact) mass is 485 g/mol. The minimum absolute atomic E-state index is 0.0862. The van der Waals surface area contributed by atoms with Crippen LogP contribution in [-0.2, 0) is 21.1 Å². The summed E-state index contributed by atoms with van der Waals surface area (Å²) in [7, 11) is -2.13. The van der Waals surface area contributed by atoms with Gasteiger partial charge >= 0.3 is 0 Å². The topological polar surface area (TPSA) is 99.9 Å². The molecule has 33 heavy (non-hydrogen) atoms. The van der Waals surface area contributed by atoms with E-state index in [-0.39, 0.29) is 16.4 Å². The van der Waals surface area contributed by atoms with Crippen molar-refractivity contribution >= 4 is 21.4 Å². The summed E-state index contributed by atoms with van der Waals surface area (Å²) in [5.74, 6) is 3.15. The van der Waals surface area contributed by atoms with Crippen molar-refractivity contribution in [3.63, 3.8) is 0 Å². The molecule has 2 heterocycles. The molecule has 4 bridgehead atoms. The van der Waals surface area contributed by atoms with Crippen molar-refractivity contribution in [2.75, 3.05) is 7.11 Å². The lowest BCUT2D eigenvalue weighted by molar-refractivity contribution is -0.0467. The summed E-state index contributed by atoms with van der Waals surface area (Å²) in [4.78, 5) is 0.809. The van der Waals surface area contributed by atoms with Gasteiger partial charge in [0.1, 0.15) is 10.6 Å². The van der Waals surface area contributed by atoms with Crippen LogP contribution in [0, 0.1) is 24.7 Å². The van der Waals surface area contributed by atoms with Crippen LogP contribution in [0.3, 0.4) is 0 Å². The quantitative estimate of drug-likeness (QED) is 0.520. The molecule has 4 fully saturated rings. The Labute approximate surface area is 197 Å². The Morgan fingerprint density at radius 1 is 1.03 bits per heavy atom. The van der Waals surface area contributed by atoms with E-state index in [1.807, 2.05) is 11.5 Å². The van der Waals surface area contributed by atoms with Crippen molar-refractivity contribution in [1.82, 2.24) is 24.4 Å². The second kappa shape index (κ2) is 7.59. The fourth-order valence-corrected chi connectivity index (χ4v) is 8.94. The number of ether oxygens (including phenoxy) is 1. The van der Waals surface area contributed by atoms with Gasteiger partial charge in [-0.05, 0) is 92.4 Å². The van der Waals surface area contributed by atoms with Gasteiger partial charge in [-0.3, -0.25) is 4.57 Å². The van der Waals surface area contributed by atoms with Gasteiger partial charge in [-0.15, -0.1) is 15.3 Å². The lowest BCUT2D eigenvalue weighted by Gasteiger charge is -2.57. The maximum absolute atomic E-state index is 13.8. The molecule has 4 saturated carbocycles. The van der Waals surface area contributed by atoms with Crippen LogP contribution < -0.4 is 4.74 Å². The Bertz CT molecular complexity index is 1260. The van der Waals surface area contributed by atoms with E-state index in [2.05, 4.69) is 19.8 Å². The summed E-state index contributed by atoms with van der Waals surface area (Å²) >= 11 is 1.26. The molecule has 8 nitrogen and oxygen atoms in total. The molecule has 0 spiro atoms. The first-order valence-corrected chi connectivity index (χ1v) is 13.9. The molecule has 0 atom stereocenters. The highest BCUT2D eigenvalue weighted by molar-refractivity contribution is 7.90. The molecule has 0 unspecified atom stereocenters. The molecule has 10 heteroatoms. The first-order valence-electron chi connectivity index (χ1n) is 11.5. The Morgan fingerprint density at radius 3 is 2.21 bits per heavy atom. The Balaban J connectivity index is 1.47. The van der Waals surface area contributed by atoms with Crippen LogP contribution in [0.15, 0.2) is 29.4 Å². The predicted octanol–water partition coefficient (Wildman–Crippen LogP) is 4.01. The largest absolute Gasteiger partial charge is 0.497 e. The van der Waals surface area contributed by atoms with Crippen molar-refractivity contribution in [1.29, 1.82) is 0 Å². The number of methoxy groups -OCH3 is 1. The molecular formula is C23H27N5O3S2. The van der Waals surface area contributed by atoms with E-state index in [4.69, 9.17) is 4.74 Å². The third-order valence-electron chi connectivity index (χ3n) is 7.76.